The molecule has 0 atom stereocenters. The molecule has 1 heterocycles. The van der Waals surface area contributed by atoms with Gasteiger partial charge in [0, 0.05) is 32.7 Å². The third-order valence-corrected chi connectivity index (χ3v) is 6.11. The average molecular weight is 385 g/mol. The van der Waals surface area contributed by atoms with E-state index in [2.05, 4.69) is 90.8 Å². The molecule has 0 unspecified atom stereocenters. The SMILES string of the molecule is CCc1ccccc1-c1cccc(CN2CCNCC2)c1-c1ccccc1CC. The molecule has 1 N–H and O–H groups in total. The van der Waals surface area contributed by atoms with E-state index in [4.69, 9.17) is 0 Å². The van der Waals surface area contributed by atoms with Crippen molar-refractivity contribution in [2.75, 3.05) is 26.2 Å². The van der Waals surface area contributed by atoms with Crippen LogP contribution in [0.25, 0.3) is 22.3 Å². The molecule has 1 fully saturated rings. The van der Waals surface area contributed by atoms with Crippen LogP contribution in [0.3, 0.4) is 0 Å². The van der Waals surface area contributed by atoms with Crippen LogP contribution in [-0.4, -0.2) is 31.1 Å². The first kappa shape index (κ1) is 19.9. The van der Waals surface area contributed by atoms with Crippen molar-refractivity contribution in [2.24, 2.45) is 0 Å². The second kappa shape index (κ2) is 9.39. The van der Waals surface area contributed by atoms with Gasteiger partial charge >= 0.3 is 0 Å². The molecule has 0 saturated carbocycles. The predicted molar refractivity (Wildman–Crippen MR) is 124 cm³/mol. The molecule has 2 heteroatoms. The Kier molecular flexibility index (Phi) is 6.43. The summed E-state index contributed by atoms with van der Waals surface area (Å²) < 4.78 is 0. The third kappa shape index (κ3) is 4.29. The molecular formula is C27H32N2. The summed E-state index contributed by atoms with van der Waals surface area (Å²) in [5.41, 5.74) is 9.84. The van der Waals surface area contributed by atoms with Gasteiger partial charge in [-0.25, -0.2) is 0 Å². The van der Waals surface area contributed by atoms with Gasteiger partial charge in [0.2, 0.25) is 0 Å². The normalized spacial score (nSPS) is 14.8. The Balaban J connectivity index is 1.90. The van der Waals surface area contributed by atoms with E-state index in [0.717, 1.165) is 45.6 Å². The van der Waals surface area contributed by atoms with Crippen molar-refractivity contribution in [3.05, 3.63) is 83.4 Å². The quantitative estimate of drug-likeness (QED) is 0.599. The fourth-order valence-electron chi connectivity index (χ4n) is 4.55. The van der Waals surface area contributed by atoms with Gasteiger partial charge in [-0.05, 0) is 51.8 Å². The molecule has 0 aromatic heterocycles. The highest BCUT2D eigenvalue weighted by Crippen LogP contribution is 2.39. The lowest BCUT2D eigenvalue weighted by Gasteiger charge is -2.29. The van der Waals surface area contributed by atoms with E-state index in [0.29, 0.717) is 0 Å². The maximum Gasteiger partial charge on any atom is 0.0241 e. The zero-order valence-corrected chi connectivity index (χ0v) is 17.7. The summed E-state index contributed by atoms with van der Waals surface area (Å²) in [6, 6.07) is 24.7. The Morgan fingerprint density at radius 2 is 1.21 bits per heavy atom. The van der Waals surface area contributed by atoms with Crippen LogP contribution in [0.2, 0.25) is 0 Å². The number of rotatable bonds is 6. The van der Waals surface area contributed by atoms with Crippen molar-refractivity contribution >= 4 is 0 Å². The van der Waals surface area contributed by atoms with E-state index in [1.54, 1.807) is 0 Å². The van der Waals surface area contributed by atoms with E-state index >= 15 is 0 Å². The van der Waals surface area contributed by atoms with Crippen molar-refractivity contribution in [1.82, 2.24) is 10.2 Å². The summed E-state index contributed by atoms with van der Waals surface area (Å²) >= 11 is 0. The molecule has 3 aromatic rings. The van der Waals surface area contributed by atoms with Crippen LogP contribution in [0.4, 0.5) is 0 Å². The molecular weight excluding hydrogens is 352 g/mol. The number of nitrogens with zero attached hydrogens (tertiary/aromatic N) is 1. The maximum atomic E-state index is 3.48. The van der Waals surface area contributed by atoms with E-state index < -0.39 is 0 Å². The van der Waals surface area contributed by atoms with Gasteiger partial charge in [-0.15, -0.1) is 0 Å². The number of piperazine rings is 1. The Bertz CT molecular complexity index is 954. The number of nitrogens with one attached hydrogen (secondary N) is 1. The highest BCUT2D eigenvalue weighted by Gasteiger charge is 2.19. The molecule has 1 aliphatic heterocycles. The lowest BCUT2D eigenvalue weighted by molar-refractivity contribution is 0.233. The summed E-state index contributed by atoms with van der Waals surface area (Å²) in [5, 5.41) is 3.48. The Labute approximate surface area is 175 Å². The number of hydrogen-bond acceptors (Lipinski definition) is 2. The predicted octanol–water partition coefficient (Wildman–Crippen LogP) is 5.55. The highest BCUT2D eigenvalue weighted by molar-refractivity contribution is 5.88. The van der Waals surface area contributed by atoms with E-state index in [1.165, 1.54) is 38.9 Å². The van der Waals surface area contributed by atoms with Crippen LogP contribution >= 0.6 is 0 Å². The summed E-state index contributed by atoms with van der Waals surface area (Å²) in [4.78, 5) is 2.58. The number of aryl methyl sites for hydroxylation is 2. The van der Waals surface area contributed by atoms with Crippen LogP contribution in [0.15, 0.2) is 66.7 Å². The van der Waals surface area contributed by atoms with Crippen molar-refractivity contribution in [3.8, 4) is 22.3 Å². The fraction of sp³-hybridized carbons (Fsp3) is 0.333. The Hall–Kier alpha value is -2.42. The van der Waals surface area contributed by atoms with Gasteiger partial charge in [-0.3, -0.25) is 4.90 Å². The zero-order chi connectivity index (χ0) is 20.1. The smallest absolute Gasteiger partial charge is 0.0241 e. The summed E-state index contributed by atoms with van der Waals surface area (Å²) in [6.45, 7) is 9.92. The molecule has 0 bridgehead atoms. The molecule has 150 valence electrons. The van der Waals surface area contributed by atoms with Crippen molar-refractivity contribution in [1.29, 1.82) is 0 Å². The van der Waals surface area contributed by atoms with Gasteiger partial charge in [0.15, 0.2) is 0 Å². The van der Waals surface area contributed by atoms with Crippen LogP contribution in [-0.2, 0) is 19.4 Å². The highest BCUT2D eigenvalue weighted by atomic mass is 15.2. The van der Waals surface area contributed by atoms with Gasteiger partial charge in [-0.1, -0.05) is 80.6 Å². The van der Waals surface area contributed by atoms with Crippen molar-refractivity contribution in [2.45, 2.75) is 33.2 Å². The first-order valence-electron chi connectivity index (χ1n) is 11.0. The monoisotopic (exact) mass is 384 g/mol. The van der Waals surface area contributed by atoms with E-state index in [1.807, 2.05) is 0 Å². The van der Waals surface area contributed by atoms with Crippen molar-refractivity contribution < 1.29 is 0 Å². The minimum absolute atomic E-state index is 1.01. The molecule has 3 aromatic carbocycles. The Morgan fingerprint density at radius 3 is 1.90 bits per heavy atom. The standard InChI is InChI=1S/C27H32N2/c1-3-21-10-5-7-13-24(21)26-15-9-12-23(20-29-18-16-28-17-19-29)27(26)25-14-8-6-11-22(25)4-2/h5-15,28H,3-4,16-20H2,1-2H3. The lowest BCUT2D eigenvalue weighted by atomic mass is 9.85. The minimum atomic E-state index is 1.01. The Morgan fingerprint density at radius 1 is 0.655 bits per heavy atom. The second-order valence-electron chi connectivity index (χ2n) is 7.89. The first-order valence-corrected chi connectivity index (χ1v) is 11.0. The topological polar surface area (TPSA) is 15.3 Å². The zero-order valence-electron chi connectivity index (χ0n) is 17.7. The summed E-state index contributed by atoms with van der Waals surface area (Å²) in [5.74, 6) is 0. The molecule has 0 radical (unpaired) electrons. The molecule has 1 aliphatic rings. The van der Waals surface area contributed by atoms with Gasteiger partial charge < -0.3 is 5.32 Å². The van der Waals surface area contributed by atoms with Crippen LogP contribution in [0.1, 0.15) is 30.5 Å². The lowest BCUT2D eigenvalue weighted by Crippen LogP contribution is -2.42. The summed E-state index contributed by atoms with van der Waals surface area (Å²) in [7, 11) is 0. The van der Waals surface area contributed by atoms with Gasteiger partial charge in [0.1, 0.15) is 0 Å². The molecule has 0 amide bonds. The maximum absolute atomic E-state index is 3.48. The minimum Gasteiger partial charge on any atom is -0.314 e. The molecule has 2 nitrogen and oxygen atoms in total. The van der Waals surface area contributed by atoms with Crippen LogP contribution in [0.5, 0.6) is 0 Å². The largest absolute Gasteiger partial charge is 0.314 e. The molecule has 1 saturated heterocycles. The van der Waals surface area contributed by atoms with E-state index in [-0.39, 0.29) is 0 Å². The second-order valence-corrected chi connectivity index (χ2v) is 7.89. The third-order valence-electron chi connectivity index (χ3n) is 6.11. The average Bonchev–Trinajstić information content (AvgIpc) is 2.79. The van der Waals surface area contributed by atoms with Gasteiger partial charge in [0.25, 0.3) is 0 Å². The summed E-state index contributed by atoms with van der Waals surface area (Å²) in [6.07, 6.45) is 2.10. The molecule has 29 heavy (non-hydrogen) atoms. The van der Waals surface area contributed by atoms with Crippen LogP contribution < -0.4 is 5.32 Å². The molecule has 4 rings (SSSR count). The molecule has 0 spiro atoms. The van der Waals surface area contributed by atoms with Crippen molar-refractivity contribution in [3.63, 3.8) is 0 Å². The first-order chi connectivity index (χ1) is 14.3. The van der Waals surface area contributed by atoms with Gasteiger partial charge in [-0.2, -0.15) is 0 Å². The number of hydrogen-bond donors (Lipinski definition) is 1. The van der Waals surface area contributed by atoms with Crippen LogP contribution in [0, 0.1) is 0 Å². The van der Waals surface area contributed by atoms with Gasteiger partial charge in [0.05, 0.1) is 0 Å². The molecule has 0 aliphatic carbocycles. The van der Waals surface area contributed by atoms with E-state index in [9.17, 15) is 0 Å². The number of benzene rings is 3. The fourth-order valence-corrected chi connectivity index (χ4v) is 4.55.